The van der Waals surface area contributed by atoms with E-state index in [1.807, 2.05) is 6.92 Å². The number of aliphatic hydroxyl groups is 8. The lowest BCUT2D eigenvalue weighted by Gasteiger charge is -2.41. The van der Waals surface area contributed by atoms with E-state index in [-0.39, 0.29) is 17.5 Å². The highest BCUT2D eigenvalue weighted by Crippen LogP contribution is 2.52. The fraction of sp³-hybridized carbons (Fsp3) is 0.370. The summed E-state index contributed by atoms with van der Waals surface area (Å²) in [7, 11) is 1.34. The minimum atomic E-state index is -2.59. The third kappa shape index (κ3) is 18.7. The average molecular weight is 1790 g/mol. The monoisotopic (exact) mass is 1790 g/mol. The molecule has 0 spiro atoms. The summed E-state index contributed by atoms with van der Waals surface area (Å²) >= 11 is 28.5. The van der Waals surface area contributed by atoms with Gasteiger partial charge in [-0.3, -0.25) is 33.6 Å². The molecule has 38 nitrogen and oxygen atoms in total. The zero-order chi connectivity index (χ0) is 88.6. The Morgan fingerprint density at radius 3 is 1.75 bits per heavy atom. The van der Waals surface area contributed by atoms with Crippen LogP contribution < -0.4 is 66.2 Å². The highest BCUT2D eigenvalue weighted by Gasteiger charge is 2.52. The molecule has 2 fully saturated rings. The molecule has 0 aliphatic carbocycles. The summed E-state index contributed by atoms with van der Waals surface area (Å²) in [6.45, 7) is 1.03. The molecule has 0 aromatic heterocycles. The summed E-state index contributed by atoms with van der Waals surface area (Å²) in [5.41, 5.74) is -4.54. The number of benzene rings is 7. The zero-order valence-corrected chi connectivity index (χ0v) is 67.5. The molecule has 7 aromatic rings. The highest BCUT2D eigenvalue weighted by molar-refractivity contribution is 6.37. The lowest BCUT2D eigenvalue weighted by Crippen LogP contribution is -2.66. The number of nitrogens with one attached hydrogen (secondary N) is 8. The fourth-order valence-corrected chi connectivity index (χ4v) is 16.1. The van der Waals surface area contributed by atoms with Gasteiger partial charge in [-0.2, -0.15) is 0 Å². The molecule has 7 aromatic carbocycles. The number of fused-ring (bicyclic) bond motifs is 14. The van der Waals surface area contributed by atoms with Gasteiger partial charge in [0.2, 0.25) is 59.7 Å². The molecule has 22 N–H and O–H groups in total. The maximum absolute atomic E-state index is 16.7. The van der Waals surface area contributed by atoms with Crippen molar-refractivity contribution in [3.05, 3.63) is 162 Å². The van der Waals surface area contributed by atoms with Crippen LogP contribution in [0.5, 0.6) is 69.0 Å². The van der Waals surface area contributed by atoms with Gasteiger partial charge in [-0.15, -0.1) is 0 Å². The maximum atomic E-state index is 16.7. The molecule has 8 aliphatic heterocycles. The number of hydrogen-bond donors (Lipinski definition) is 22. The molecule has 0 unspecified atom stereocenters. The number of carbonyl (C=O) groups is 9. The van der Waals surface area contributed by atoms with Crippen LogP contribution in [0, 0.1) is 0 Å². The number of carboxylic acid groups (broad SMARTS) is 2. The van der Waals surface area contributed by atoms with Crippen LogP contribution in [0.1, 0.15) is 140 Å². The molecule has 654 valence electrons. The molecule has 0 saturated carbocycles. The van der Waals surface area contributed by atoms with E-state index < -0.39 is 304 Å². The summed E-state index contributed by atoms with van der Waals surface area (Å²) < 4.78 is 43.7. The first-order valence-corrected chi connectivity index (χ1v) is 39.9. The van der Waals surface area contributed by atoms with Gasteiger partial charge in [-0.05, 0) is 114 Å². The number of carboxylic acids is 2. The molecule has 8 aliphatic rings. The molecular weight excluding hydrogens is 1710 g/mol. The van der Waals surface area contributed by atoms with E-state index in [2.05, 4.69) is 42.5 Å². The Morgan fingerprint density at radius 2 is 1.08 bits per heavy atom. The number of ether oxygens (including phenoxy) is 7. The van der Waals surface area contributed by atoms with Crippen molar-refractivity contribution in [2.45, 2.75) is 174 Å². The Balaban J connectivity index is 1.07. The molecule has 8 heterocycles. The first-order valence-electron chi connectivity index (χ1n) is 38.4. The molecule has 17 bridgehead atoms. The predicted octanol–water partition coefficient (Wildman–Crippen LogP) is 4.35. The Labute approximate surface area is 716 Å². The van der Waals surface area contributed by atoms with E-state index in [1.165, 1.54) is 19.2 Å². The molecule has 42 heteroatoms. The third-order valence-electron chi connectivity index (χ3n) is 21.5. The number of aliphatic carboxylic acids is 2. The summed E-state index contributed by atoms with van der Waals surface area (Å²) in [5.74, 6) is -22.0. The van der Waals surface area contributed by atoms with Crippen molar-refractivity contribution in [3.63, 3.8) is 0 Å². The standard InChI is InChI=1S/C81H82Cl4N8O30/c1-3-4-5-6-7-8-9-10-51(99)87-61-65(103)67(105)71(79(115)116)123-80(61)122-70-48-22-32-23-49(70)119-69-40(83)19-33(20-41(69)84)63(101)60-77(112)91-58(78(113)114)37-24-34(95)25-47(120-81-68(106)66(104)64(102)50(28-94)121-81)52(37)36-17-29(11-14-42(36)96)55(73(108)93-60)88-74(109)56(32)89-75(110)57-38-26-35(27-44(98)53(38)85)117-46-21-30(12-15-43(46)97)54(86-2)72(107)92-59(76(111)90-57)62(100)31-13-16-45(118-48)39(82)18-31/h11-27,50,54-68,71,80-81,86,94-98,100-106H,3-10,28H2,1-2H3,(H,87,99)(H,88,109)(H,89,110)(H,90,111)(H,91,112)(H,92,107)(H,93,108)(H,113,114)(H,115,116)/t50-,54-,55-,56-,57+,58+,59-,60+,61-,62-,63-,64-,65-,66+,67+,68+,71+,80-,81+/m1/s1. The zero-order valence-electron chi connectivity index (χ0n) is 64.5. The first-order chi connectivity index (χ1) is 58.6. The molecular formula is C81H82Cl4N8O30. The lowest BCUT2D eigenvalue weighted by molar-refractivity contribution is -0.277. The van der Waals surface area contributed by atoms with E-state index in [9.17, 15) is 90.7 Å². The van der Waals surface area contributed by atoms with Crippen LogP contribution >= 0.6 is 46.4 Å². The topological polar surface area (TPSA) is 598 Å². The predicted molar refractivity (Wildman–Crippen MR) is 426 cm³/mol. The summed E-state index contributed by atoms with van der Waals surface area (Å²) in [6.07, 6.45) is -19.1. The van der Waals surface area contributed by atoms with Crippen molar-refractivity contribution in [1.82, 2.24) is 42.5 Å². The average Bonchev–Trinajstić information content (AvgIpc) is 0.757. The van der Waals surface area contributed by atoms with Gasteiger partial charge < -0.3 is 147 Å². The number of halogens is 4. The molecule has 19 atom stereocenters. The van der Waals surface area contributed by atoms with E-state index in [0.717, 1.165) is 123 Å². The van der Waals surface area contributed by atoms with Crippen LogP contribution in [0.25, 0.3) is 11.1 Å². The minimum Gasteiger partial charge on any atom is -0.508 e. The molecule has 15 rings (SSSR count). The smallest absolute Gasteiger partial charge is 0.335 e. The Bertz CT molecular complexity index is 5300. The molecule has 123 heavy (non-hydrogen) atoms. The fourth-order valence-electron chi connectivity index (χ4n) is 15.0. The Hall–Kier alpha value is -11.3. The number of rotatable bonds is 17. The van der Waals surface area contributed by atoms with Crippen molar-refractivity contribution in [1.29, 1.82) is 0 Å². The summed E-state index contributed by atoms with van der Waals surface area (Å²) in [5, 5.41) is 178. The number of amides is 7. The van der Waals surface area contributed by atoms with Gasteiger partial charge in [-0.1, -0.05) is 110 Å². The quantitative estimate of drug-likeness (QED) is 0.0564. The van der Waals surface area contributed by atoms with Gasteiger partial charge in [0.1, 0.15) is 126 Å². The second-order valence-corrected chi connectivity index (χ2v) is 31.3. The number of phenolic OH excluding ortho intramolecular Hbond substituents is 4. The van der Waals surface area contributed by atoms with Crippen LogP contribution in [0.15, 0.2) is 103 Å². The van der Waals surface area contributed by atoms with Crippen LogP contribution in [0.2, 0.25) is 20.1 Å². The second-order valence-electron chi connectivity index (χ2n) is 29.7. The van der Waals surface area contributed by atoms with E-state index in [4.69, 9.17) is 79.6 Å². The van der Waals surface area contributed by atoms with Crippen molar-refractivity contribution >= 4 is 99.7 Å². The van der Waals surface area contributed by atoms with Crippen LogP contribution in [-0.4, -0.2) is 212 Å². The minimum absolute atomic E-state index is 0.0707. The van der Waals surface area contributed by atoms with Crippen LogP contribution in [-0.2, 0) is 52.6 Å². The van der Waals surface area contributed by atoms with E-state index in [1.54, 1.807) is 0 Å². The maximum Gasteiger partial charge on any atom is 0.335 e. The summed E-state index contributed by atoms with van der Waals surface area (Å²) in [4.78, 5) is 136. The van der Waals surface area contributed by atoms with Gasteiger partial charge in [0.25, 0.3) is 0 Å². The largest absolute Gasteiger partial charge is 0.508 e. The van der Waals surface area contributed by atoms with Gasteiger partial charge in [0.15, 0.2) is 40.9 Å². The SMILES string of the molecule is CCCCCCCCCC(=O)N[C@H]1[C@H](Oc2c3cc4cc2Oc2c(Cl)cc(cc2Cl)[C@@H](O)[C@@H]2NC(=O)[C@H](NC(=O)[C@@H]4NC(=O)[C@H]4NC(=O)[C@H](NC(=O)[C@H](NC)c5ccc(O)c(c5)Oc5cc(O)c(Cl)c4c5)[C@H](O)c4ccc(c(Cl)c4)O3)c3ccc(O)c(c3)-c3c(O[C@H]4O[C@H](CO)[C@@H](O)[C@H](O)[C@@H]4O)cc(O)cc3[C@@H](C(=O)O)NC2=O)O[C@H](C(=O)O)[C@@H](O)[C@@H]1O. The molecule has 7 amide bonds. The van der Waals surface area contributed by atoms with Crippen LogP contribution in [0.3, 0.4) is 0 Å². The number of likely N-dealkylation sites (N-methyl/N-ethyl adjacent to an activating group) is 1. The number of phenols is 4. The number of hydrogen-bond acceptors (Lipinski definition) is 29. The van der Waals surface area contributed by atoms with Gasteiger partial charge in [0.05, 0.1) is 26.7 Å². The van der Waals surface area contributed by atoms with Gasteiger partial charge >= 0.3 is 11.9 Å². The molecule has 2 saturated heterocycles. The summed E-state index contributed by atoms with van der Waals surface area (Å²) in [6, 6.07) is -1.40. The van der Waals surface area contributed by atoms with E-state index in [0.29, 0.717) is 12.8 Å². The lowest BCUT2D eigenvalue weighted by atomic mass is 9.89. The van der Waals surface area contributed by atoms with Crippen molar-refractivity contribution in [2.75, 3.05) is 13.7 Å². The number of unbranched alkanes of at least 4 members (excludes halogenated alkanes) is 6. The normalized spacial score (nSPS) is 27.0. The second kappa shape index (κ2) is 37.4. The molecule has 0 radical (unpaired) electrons. The Kier molecular flexibility index (Phi) is 27.2. The number of carbonyl (C=O) groups excluding carboxylic acids is 7. The first kappa shape index (κ1) is 89.4. The van der Waals surface area contributed by atoms with E-state index >= 15 is 24.0 Å². The van der Waals surface area contributed by atoms with Crippen molar-refractivity contribution in [2.24, 2.45) is 0 Å². The third-order valence-corrected chi connectivity index (χ3v) is 22.7. The Morgan fingerprint density at radius 1 is 0.488 bits per heavy atom. The van der Waals surface area contributed by atoms with Crippen molar-refractivity contribution in [3.8, 4) is 80.1 Å². The van der Waals surface area contributed by atoms with Gasteiger partial charge in [0, 0.05) is 40.8 Å². The van der Waals surface area contributed by atoms with Crippen molar-refractivity contribution < 1.29 is 148 Å². The number of aliphatic hydroxyl groups excluding tert-OH is 8. The van der Waals surface area contributed by atoms with Gasteiger partial charge in [-0.25, -0.2) is 9.59 Å². The van der Waals surface area contributed by atoms with Crippen LogP contribution in [0.4, 0.5) is 0 Å². The number of aromatic hydroxyl groups is 4. The highest BCUT2D eigenvalue weighted by atomic mass is 35.5.